The van der Waals surface area contributed by atoms with Crippen LogP contribution in [-0.2, 0) is 47.2 Å². The number of ether oxygens (including phenoxy) is 7. The maximum atomic E-state index is 12.6. The summed E-state index contributed by atoms with van der Waals surface area (Å²) in [7, 11) is 0.792. The van der Waals surface area contributed by atoms with E-state index in [4.69, 9.17) is 37.6 Å². The van der Waals surface area contributed by atoms with Gasteiger partial charge in [-0.3, -0.25) is 4.79 Å². The lowest BCUT2D eigenvalue weighted by atomic mass is 9.50. The molecule has 0 aromatic carbocycles. The predicted octanol–water partition coefficient (Wildman–Crippen LogP) is 4.75. The van der Waals surface area contributed by atoms with Gasteiger partial charge in [0, 0.05) is 50.7 Å². The Bertz CT molecular complexity index is 1110. The van der Waals surface area contributed by atoms with Gasteiger partial charge in [-0.25, -0.2) is 0 Å². The molecule has 1 spiro atoms. The summed E-state index contributed by atoms with van der Waals surface area (Å²) in [6.45, 7) is 17.4. The zero-order valence-corrected chi connectivity index (χ0v) is 28.7. The van der Waals surface area contributed by atoms with E-state index in [1.807, 2.05) is 0 Å². The van der Waals surface area contributed by atoms with Gasteiger partial charge in [-0.15, -0.1) is 0 Å². The number of methoxy groups -OCH3 is 2. The monoisotopic (exact) mass is 624 g/mol. The van der Waals surface area contributed by atoms with Crippen molar-refractivity contribution in [2.45, 2.75) is 122 Å². The van der Waals surface area contributed by atoms with E-state index in [1.165, 1.54) is 6.92 Å². The van der Waals surface area contributed by atoms with Crippen molar-refractivity contribution in [1.82, 2.24) is 0 Å². The number of aldehydes is 1. The molecule has 2 heterocycles. The first-order valence-corrected chi connectivity index (χ1v) is 18.6. The van der Waals surface area contributed by atoms with Crippen molar-refractivity contribution in [2.24, 2.45) is 22.7 Å². The molecule has 1 saturated carbocycles. The van der Waals surface area contributed by atoms with Crippen molar-refractivity contribution in [3.05, 3.63) is 11.1 Å². The van der Waals surface area contributed by atoms with Crippen molar-refractivity contribution in [2.75, 3.05) is 34.0 Å². The van der Waals surface area contributed by atoms with Gasteiger partial charge in [0.2, 0.25) is 0 Å². The van der Waals surface area contributed by atoms with Crippen LogP contribution in [0.4, 0.5) is 0 Å². The van der Waals surface area contributed by atoms with Gasteiger partial charge in [0.1, 0.15) is 18.5 Å². The first-order chi connectivity index (χ1) is 20.1. The largest absolute Gasteiger partial charge is 0.459 e. The summed E-state index contributed by atoms with van der Waals surface area (Å²) in [5.74, 6) is -1.49. The normalized spacial score (nSPS) is 39.4. The van der Waals surface area contributed by atoms with Crippen molar-refractivity contribution < 1.29 is 47.2 Å². The van der Waals surface area contributed by atoms with Crippen LogP contribution in [0.15, 0.2) is 11.1 Å². The van der Waals surface area contributed by atoms with Gasteiger partial charge in [-0.2, -0.15) is 0 Å². The van der Waals surface area contributed by atoms with Crippen LogP contribution in [0.25, 0.3) is 0 Å². The Morgan fingerprint density at radius 1 is 1.14 bits per heavy atom. The third kappa shape index (κ3) is 5.10. The average molecular weight is 625 g/mol. The summed E-state index contributed by atoms with van der Waals surface area (Å²) in [6, 6.07) is 0. The Morgan fingerprint density at radius 3 is 2.37 bits per heavy atom. The highest BCUT2D eigenvalue weighted by Gasteiger charge is 2.71. The van der Waals surface area contributed by atoms with Crippen LogP contribution in [0.2, 0.25) is 18.1 Å². The first-order valence-electron chi connectivity index (χ1n) is 15.7. The number of carbonyl (C=O) groups is 2. The second-order valence-electron chi connectivity index (χ2n) is 14.9. The Kier molecular flexibility index (Phi) is 8.92. The smallest absolute Gasteiger partial charge is 0.303 e. The molecule has 0 amide bonds. The Morgan fingerprint density at radius 2 is 1.81 bits per heavy atom. The second kappa shape index (κ2) is 11.6. The molecule has 244 valence electrons. The zero-order chi connectivity index (χ0) is 31.6. The van der Waals surface area contributed by atoms with E-state index in [0.29, 0.717) is 19.6 Å². The highest BCUT2D eigenvalue weighted by atomic mass is 28.4. The van der Waals surface area contributed by atoms with Crippen LogP contribution in [0, 0.1) is 22.7 Å². The molecular weight excluding hydrogens is 572 g/mol. The standard InChI is InChI=1S/C32H52O10Si/c1-19(34)39-23(18-35-7)31(6)21(12-14-33)26-27(41-28(36-8)40-26)24-20-11-13-32(37-15-16-38-32)30(20,5)17-22(25(24)31)42-43(9,10)29(2,3)4/h14,20-23,26-28H,11-13,15-18H2,1-10H3/t20-,21+,22+,23+,26?,27?,28?,30-,31+/m0/s1. The molecule has 5 aliphatic rings. The van der Waals surface area contributed by atoms with Gasteiger partial charge in [-0.05, 0) is 48.0 Å². The van der Waals surface area contributed by atoms with Gasteiger partial charge in [0.25, 0.3) is 6.48 Å². The first kappa shape index (κ1) is 33.2. The molecule has 0 aromatic rings. The van der Waals surface area contributed by atoms with Gasteiger partial charge in [0.05, 0.1) is 32.0 Å². The SMILES string of the molecule is COC[C@@H](OC(C)=O)[C@]1(C)C2=C(C3OC(OC)OC3[C@H]1CC=O)[C@@H]1CCC3(OCCO3)[C@@]1(C)C[C@H]2O[Si](C)(C)C(C)(C)C. The van der Waals surface area contributed by atoms with Gasteiger partial charge < -0.3 is 42.4 Å². The highest BCUT2D eigenvalue weighted by molar-refractivity contribution is 6.74. The maximum absolute atomic E-state index is 12.6. The van der Waals surface area contributed by atoms with Crippen LogP contribution in [0.5, 0.6) is 0 Å². The molecule has 3 aliphatic carbocycles. The van der Waals surface area contributed by atoms with Crippen LogP contribution in [-0.4, -0.2) is 91.3 Å². The topological polar surface area (TPSA) is 108 Å². The second-order valence-corrected chi connectivity index (χ2v) is 19.7. The number of hydrogen-bond donors (Lipinski definition) is 0. The molecule has 0 radical (unpaired) electrons. The van der Waals surface area contributed by atoms with E-state index in [0.717, 1.165) is 30.3 Å². The summed E-state index contributed by atoms with van der Waals surface area (Å²) in [4.78, 5) is 25.0. The lowest BCUT2D eigenvalue weighted by Crippen LogP contribution is -2.63. The van der Waals surface area contributed by atoms with E-state index < -0.39 is 61.6 Å². The van der Waals surface area contributed by atoms with E-state index in [-0.39, 0.29) is 30.1 Å². The van der Waals surface area contributed by atoms with Crippen LogP contribution in [0.3, 0.4) is 0 Å². The van der Waals surface area contributed by atoms with Crippen molar-refractivity contribution >= 4 is 20.6 Å². The van der Waals surface area contributed by atoms with Crippen molar-refractivity contribution in [3.63, 3.8) is 0 Å². The number of hydrogen-bond acceptors (Lipinski definition) is 10. The zero-order valence-electron chi connectivity index (χ0n) is 27.7. The summed E-state index contributed by atoms with van der Waals surface area (Å²) in [5.41, 5.74) is 0.861. The summed E-state index contributed by atoms with van der Waals surface area (Å²) in [6.07, 6.45) is 1.33. The molecular formula is C32H52O10Si. The molecule has 9 atom stereocenters. The number of rotatable bonds is 9. The molecule has 5 rings (SSSR count). The molecule has 0 bridgehead atoms. The molecule has 43 heavy (non-hydrogen) atoms. The molecule has 10 nitrogen and oxygen atoms in total. The molecule has 3 unspecified atom stereocenters. The minimum atomic E-state index is -2.36. The summed E-state index contributed by atoms with van der Waals surface area (Å²) >= 11 is 0. The van der Waals surface area contributed by atoms with Gasteiger partial charge in [0.15, 0.2) is 14.1 Å². The van der Waals surface area contributed by atoms with E-state index in [1.54, 1.807) is 14.2 Å². The van der Waals surface area contributed by atoms with Gasteiger partial charge in [-0.1, -0.05) is 34.6 Å². The predicted molar refractivity (Wildman–Crippen MR) is 159 cm³/mol. The summed E-state index contributed by atoms with van der Waals surface area (Å²) < 4.78 is 50.7. The van der Waals surface area contributed by atoms with Crippen molar-refractivity contribution in [1.29, 1.82) is 0 Å². The van der Waals surface area contributed by atoms with E-state index >= 15 is 0 Å². The fourth-order valence-electron chi connectivity index (χ4n) is 8.65. The Balaban J connectivity index is 1.80. The molecule has 3 fully saturated rings. The minimum Gasteiger partial charge on any atom is -0.459 e. The molecule has 0 N–H and O–H groups in total. The molecule has 2 aliphatic heterocycles. The minimum absolute atomic E-state index is 0.0311. The van der Waals surface area contributed by atoms with Crippen LogP contribution < -0.4 is 0 Å². The fraction of sp³-hybridized carbons (Fsp3) is 0.875. The quantitative estimate of drug-likeness (QED) is 0.154. The molecule has 11 heteroatoms. The highest BCUT2D eigenvalue weighted by Crippen LogP contribution is 2.68. The number of carbonyl (C=O) groups excluding carboxylic acids is 2. The lowest BCUT2D eigenvalue weighted by molar-refractivity contribution is -0.234. The maximum Gasteiger partial charge on any atom is 0.303 e. The third-order valence-electron chi connectivity index (χ3n) is 11.7. The Hall–Kier alpha value is -1.18. The molecule has 2 saturated heterocycles. The van der Waals surface area contributed by atoms with Crippen LogP contribution >= 0.6 is 0 Å². The average Bonchev–Trinajstić information content (AvgIpc) is 3.63. The van der Waals surface area contributed by atoms with E-state index in [9.17, 15) is 9.59 Å². The number of fused-ring (bicyclic) bond motifs is 5. The summed E-state index contributed by atoms with van der Waals surface area (Å²) in [5, 5.41) is -0.0646. The fourth-order valence-corrected chi connectivity index (χ4v) is 9.91. The number of esters is 1. The van der Waals surface area contributed by atoms with Crippen LogP contribution in [0.1, 0.15) is 67.2 Å². The lowest BCUT2D eigenvalue weighted by Gasteiger charge is -2.60. The Labute approximate surface area is 257 Å². The van der Waals surface area contributed by atoms with E-state index in [2.05, 4.69) is 47.7 Å². The third-order valence-corrected chi connectivity index (χ3v) is 16.2. The van der Waals surface area contributed by atoms with Crippen molar-refractivity contribution in [3.8, 4) is 0 Å². The van der Waals surface area contributed by atoms with Gasteiger partial charge >= 0.3 is 5.97 Å². The molecule has 0 aromatic heterocycles.